The Hall–Kier alpha value is -2.32. The van der Waals surface area contributed by atoms with Gasteiger partial charge in [-0.1, -0.05) is 17.7 Å². The second kappa shape index (κ2) is 8.20. The molecule has 3 aromatic rings. The number of halogens is 4. The van der Waals surface area contributed by atoms with Crippen molar-refractivity contribution in [1.29, 1.82) is 0 Å². The smallest absolute Gasteiger partial charge is 0.433 e. The number of hydrogen-bond acceptors (Lipinski definition) is 5. The molecule has 0 saturated carbocycles. The van der Waals surface area contributed by atoms with E-state index in [1.807, 2.05) is 6.92 Å². The van der Waals surface area contributed by atoms with Crippen molar-refractivity contribution in [2.45, 2.75) is 33.1 Å². The van der Waals surface area contributed by atoms with Gasteiger partial charge in [-0.15, -0.1) is 11.3 Å². The van der Waals surface area contributed by atoms with Gasteiger partial charge >= 0.3 is 12.1 Å². The molecule has 0 bridgehead atoms. The van der Waals surface area contributed by atoms with E-state index in [1.54, 1.807) is 12.1 Å². The van der Waals surface area contributed by atoms with Crippen LogP contribution in [0.3, 0.4) is 0 Å². The van der Waals surface area contributed by atoms with E-state index in [0.717, 1.165) is 26.6 Å². The quantitative estimate of drug-likeness (QED) is 0.462. The van der Waals surface area contributed by atoms with Gasteiger partial charge in [0.05, 0.1) is 18.6 Å². The summed E-state index contributed by atoms with van der Waals surface area (Å²) in [4.78, 5) is 16.2. The summed E-state index contributed by atoms with van der Waals surface area (Å²) in [7, 11) is 1.33. The first-order valence-corrected chi connectivity index (χ1v) is 9.74. The number of pyridine rings is 1. The van der Waals surface area contributed by atoms with Crippen LogP contribution in [-0.4, -0.2) is 18.1 Å². The molecule has 4 nitrogen and oxygen atoms in total. The zero-order chi connectivity index (χ0) is 21.3. The summed E-state index contributed by atoms with van der Waals surface area (Å²) in [5, 5.41) is 1.21. The molecule has 0 unspecified atom stereocenters. The topological polar surface area (TPSA) is 48.4 Å². The molecule has 0 fully saturated rings. The number of fused-ring (bicyclic) bond motifs is 1. The monoisotopic (exact) mass is 443 g/mol. The first kappa shape index (κ1) is 21.4. The summed E-state index contributed by atoms with van der Waals surface area (Å²) < 4.78 is 49.6. The fraction of sp³-hybridized carbons (Fsp3) is 0.300. The number of nitrogens with zero attached hydrogens (tertiary/aromatic N) is 1. The molecule has 0 atom stereocenters. The Morgan fingerprint density at radius 3 is 2.59 bits per heavy atom. The van der Waals surface area contributed by atoms with Gasteiger partial charge in [0.1, 0.15) is 18.1 Å². The molecule has 2 heterocycles. The Morgan fingerprint density at radius 1 is 1.24 bits per heavy atom. The average Bonchev–Trinajstić information content (AvgIpc) is 2.95. The second-order valence-corrected chi connectivity index (χ2v) is 8.06. The van der Waals surface area contributed by atoms with Gasteiger partial charge in [-0.25, -0.2) is 4.98 Å². The molecule has 0 aliphatic rings. The number of ether oxygens (including phenoxy) is 2. The molecule has 0 spiro atoms. The van der Waals surface area contributed by atoms with E-state index < -0.39 is 11.9 Å². The Kier molecular flexibility index (Phi) is 6.05. The zero-order valence-electron chi connectivity index (χ0n) is 15.8. The van der Waals surface area contributed by atoms with Crippen molar-refractivity contribution < 1.29 is 27.4 Å². The van der Waals surface area contributed by atoms with Gasteiger partial charge in [0.2, 0.25) is 0 Å². The van der Waals surface area contributed by atoms with E-state index in [-0.39, 0.29) is 24.7 Å². The zero-order valence-corrected chi connectivity index (χ0v) is 17.4. The minimum atomic E-state index is -4.48. The molecule has 0 amide bonds. The van der Waals surface area contributed by atoms with Crippen molar-refractivity contribution >= 4 is 39.0 Å². The predicted molar refractivity (Wildman–Crippen MR) is 106 cm³/mol. The third-order valence-electron chi connectivity index (χ3n) is 4.45. The van der Waals surface area contributed by atoms with Crippen LogP contribution >= 0.6 is 22.9 Å². The van der Waals surface area contributed by atoms with E-state index in [2.05, 4.69) is 4.98 Å². The predicted octanol–water partition coefficient (Wildman–Crippen LogP) is 5.88. The number of benzene rings is 1. The van der Waals surface area contributed by atoms with Gasteiger partial charge in [0.15, 0.2) is 0 Å². The van der Waals surface area contributed by atoms with E-state index in [4.69, 9.17) is 21.1 Å². The minimum absolute atomic E-state index is 0.0538. The normalized spacial score (nSPS) is 11.7. The Labute approximate surface area is 174 Å². The fourth-order valence-electron chi connectivity index (χ4n) is 2.91. The largest absolute Gasteiger partial charge is 0.489 e. The first-order chi connectivity index (χ1) is 13.6. The second-order valence-electron chi connectivity index (χ2n) is 6.40. The molecular formula is C20H17ClF3NO3S. The summed E-state index contributed by atoms with van der Waals surface area (Å²) in [6.45, 7) is 3.46. The summed E-state index contributed by atoms with van der Waals surface area (Å²) in [5.74, 6) is 0.127. The fourth-order valence-corrected chi connectivity index (χ4v) is 4.42. The van der Waals surface area contributed by atoms with Crippen LogP contribution < -0.4 is 4.74 Å². The molecule has 9 heteroatoms. The van der Waals surface area contributed by atoms with Crippen molar-refractivity contribution in [1.82, 2.24) is 4.98 Å². The van der Waals surface area contributed by atoms with E-state index >= 15 is 0 Å². The molecule has 3 rings (SSSR count). The first-order valence-electron chi connectivity index (χ1n) is 8.55. The van der Waals surface area contributed by atoms with Gasteiger partial charge < -0.3 is 9.47 Å². The number of esters is 1. The number of carbonyl (C=O) groups is 1. The maximum atomic E-state index is 12.7. The van der Waals surface area contributed by atoms with Crippen molar-refractivity contribution in [3.8, 4) is 5.75 Å². The highest BCUT2D eigenvalue weighted by Gasteiger charge is 2.32. The number of methoxy groups -OCH3 is 1. The lowest BCUT2D eigenvalue weighted by Crippen LogP contribution is -2.10. The molecule has 29 heavy (non-hydrogen) atoms. The number of aryl methyl sites for hydroxylation is 2. The molecule has 2 aromatic heterocycles. The number of thiophene rings is 1. The van der Waals surface area contributed by atoms with E-state index in [0.29, 0.717) is 16.3 Å². The van der Waals surface area contributed by atoms with Crippen LogP contribution in [0, 0.1) is 13.8 Å². The molecule has 0 aliphatic carbocycles. The summed E-state index contributed by atoms with van der Waals surface area (Å²) >= 11 is 7.91. The number of alkyl halides is 3. The van der Waals surface area contributed by atoms with Crippen molar-refractivity contribution in [3.63, 3.8) is 0 Å². The molecular weight excluding hydrogens is 427 g/mol. The Balaban J connectivity index is 1.84. The maximum absolute atomic E-state index is 12.7. The number of hydrogen-bond donors (Lipinski definition) is 0. The summed E-state index contributed by atoms with van der Waals surface area (Å²) in [5.41, 5.74) is 0.675. The van der Waals surface area contributed by atoms with Crippen LogP contribution in [0.4, 0.5) is 13.2 Å². The highest BCUT2D eigenvalue weighted by atomic mass is 35.5. The molecule has 0 saturated heterocycles. The number of carbonyl (C=O) groups excluding carboxylic acids is 1. The van der Waals surface area contributed by atoms with Crippen LogP contribution in [0.25, 0.3) is 10.1 Å². The third-order valence-corrected chi connectivity index (χ3v) is 5.84. The maximum Gasteiger partial charge on any atom is 0.433 e. The number of aromatic nitrogens is 1. The van der Waals surface area contributed by atoms with Gasteiger partial charge in [-0.2, -0.15) is 13.2 Å². The van der Waals surface area contributed by atoms with Crippen molar-refractivity contribution in [2.75, 3.05) is 7.11 Å². The number of rotatable bonds is 5. The van der Waals surface area contributed by atoms with Crippen LogP contribution in [0.15, 0.2) is 24.3 Å². The van der Waals surface area contributed by atoms with Gasteiger partial charge in [-0.05, 0) is 37.6 Å². The van der Waals surface area contributed by atoms with Crippen LogP contribution in [0.2, 0.25) is 5.02 Å². The van der Waals surface area contributed by atoms with Crippen LogP contribution in [0.5, 0.6) is 5.75 Å². The van der Waals surface area contributed by atoms with Crippen molar-refractivity contribution in [3.05, 3.63) is 56.7 Å². The lowest BCUT2D eigenvalue weighted by Gasteiger charge is -2.12. The Morgan fingerprint density at radius 2 is 1.97 bits per heavy atom. The van der Waals surface area contributed by atoms with E-state index in [9.17, 15) is 18.0 Å². The Bertz CT molecular complexity index is 1080. The lowest BCUT2D eigenvalue weighted by molar-refractivity contribution is -0.141. The van der Waals surface area contributed by atoms with Gasteiger partial charge in [0.25, 0.3) is 0 Å². The molecule has 1 aromatic carbocycles. The highest BCUT2D eigenvalue weighted by Crippen LogP contribution is 2.39. The molecule has 0 aliphatic heterocycles. The molecule has 0 N–H and O–H groups in total. The van der Waals surface area contributed by atoms with Crippen LogP contribution in [0.1, 0.15) is 27.4 Å². The van der Waals surface area contributed by atoms with Crippen LogP contribution in [-0.2, 0) is 28.7 Å². The van der Waals surface area contributed by atoms with E-state index in [1.165, 1.54) is 31.4 Å². The van der Waals surface area contributed by atoms with Crippen molar-refractivity contribution in [2.24, 2.45) is 0 Å². The SMILES string of the molecule is COC(=O)Cc1c(C)sc2cc(OCc3ccc(C(F)(F)F)nc3C)cc(Cl)c12. The minimum Gasteiger partial charge on any atom is -0.489 e. The molecule has 154 valence electrons. The third kappa shape index (κ3) is 4.64. The summed E-state index contributed by atoms with van der Waals surface area (Å²) in [6, 6.07) is 5.72. The highest BCUT2D eigenvalue weighted by molar-refractivity contribution is 7.19. The summed E-state index contributed by atoms with van der Waals surface area (Å²) in [6.07, 6.45) is -4.36. The van der Waals surface area contributed by atoms with Gasteiger partial charge in [0, 0.05) is 26.2 Å². The molecule has 0 radical (unpaired) electrons. The standard InChI is InChI=1S/C20H17ClF3NO3S/c1-10-12(4-5-17(25-10)20(22,23)24)9-28-13-6-15(21)19-14(8-18(26)27-3)11(2)29-16(19)7-13/h4-7H,8-9H2,1-3H3. The van der Waals surface area contributed by atoms with Gasteiger partial charge in [-0.3, -0.25) is 4.79 Å². The average molecular weight is 444 g/mol. The lowest BCUT2D eigenvalue weighted by atomic mass is 10.1.